The summed E-state index contributed by atoms with van der Waals surface area (Å²) in [5.41, 5.74) is 0. The monoisotopic (exact) mass is 556 g/mol. The van der Waals surface area contributed by atoms with Crippen molar-refractivity contribution in [2.24, 2.45) is 0 Å². The molecule has 0 saturated carbocycles. The second-order valence-electron chi connectivity index (χ2n) is 8.16. The van der Waals surface area contributed by atoms with Crippen LogP contribution in [0.15, 0.2) is 117 Å². The topological polar surface area (TPSA) is 147 Å². The fourth-order valence-electron chi connectivity index (χ4n) is 3.49. The first kappa shape index (κ1) is 27.0. The average molecular weight is 557 g/mol. The second kappa shape index (κ2) is 11.1. The first-order chi connectivity index (χ1) is 18.1. The smallest absolute Gasteiger partial charge is 0.210 e. The third kappa shape index (κ3) is 5.91. The summed E-state index contributed by atoms with van der Waals surface area (Å²) >= 11 is 0. The number of hydrogen-bond acceptors (Lipinski definition) is 9. The van der Waals surface area contributed by atoms with E-state index in [-0.39, 0.29) is 44.3 Å². The van der Waals surface area contributed by atoms with Gasteiger partial charge in [-0.05, 0) is 72.8 Å². The van der Waals surface area contributed by atoms with Crippen LogP contribution in [-0.4, -0.2) is 51.5 Å². The fourth-order valence-corrected chi connectivity index (χ4v) is 6.18. The van der Waals surface area contributed by atoms with Crippen molar-refractivity contribution in [2.75, 3.05) is 13.2 Å². The van der Waals surface area contributed by atoms with E-state index in [1.165, 1.54) is 97.1 Å². The summed E-state index contributed by atoms with van der Waals surface area (Å²) in [5, 5.41) is 29.9. The second-order valence-corrected chi connectivity index (χ2v) is 12.0. The van der Waals surface area contributed by atoms with E-state index in [9.17, 15) is 32.2 Å². The van der Waals surface area contributed by atoms with E-state index in [1.54, 1.807) is 0 Å². The number of sulfone groups is 2. The molecule has 0 aliphatic heterocycles. The Morgan fingerprint density at radius 3 is 1.24 bits per heavy atom. The number of aromatic hydroxyl groups is 2. The van der Waals surface area contributed by atoms with Crippen LogP contribution in [0, 0.1) is 0 Å². The molecule has 0 atom stereocenters. The maximum Gasteiger partial charge on any atom is 0.210 e. The Balaban J connectivity index is 1.31. The molecule has 0 radical (unpaired) electrons. The van der Waals surface area contributed by atoms with Gasteiger partial charge in [0.1, 0.15) is 52.1 Å². The van der Waals surface area contributed by atoms with Gasteiger partial charge in [0.15, 0.2) is 0 Å². The maximum atomic E-state index is 12.7. The Morgan fingerprint density at radius 1 is 0.553 bits per heavy atom. The minimum Gasteiger partial charge on any atom is -0.507 e. The molecule has 0 bridgehead atoms. The molecule has 0 amide bonds. The molecular weight excluding hydrogens is 532 g/mol. The quantitative estimate of drug-likeness (QED) is 0.267. The summed E-state index contributed by atoms with van der Waals surface area (Å²) in [6.07, 6.45) is -1.04. The van der Waals surface area contributed by atoms with Crippen molar-refractivity contribution in [3.05, 3.63) is 97.1 Å². The molecule has 4 rings (SSSR count). The van der Waals surface area contributed by atoms with E-state index >= 15 is 0 Å². The average Bonchev–Trinajstić information content (AvgIpc) is 2.91. The van der Waals surface area contributed by atoms with Crippen LogP contribution in [0.3, 0.4) is 0 Å². The van der Waals surface area contributed by atoms with Crippen molar-refractivity contribution >= 4 is 19.7 Å². The Kier molecular flexibility index (Phi) is 7.91. The molecule has 0 fully saturated rings. The predicted molar refractivity (Wildman–Crippen MR) is 137 cm³/mol. The Morgan fingerprint density at radius 2 is 0.895 bits per heavy atom. The van der Waals surface area contributed by atoms with Crippen LogP contribution in [0.1, 0.15) is 0 Å². The number of hydrogen-bond donors (Lipinski definition) is 3. The number of aliphatic hydroxyl groups is 1. The normalized spacial score (nSPS) is 11.8. The standard InChI is InChI=1S/C27H24O9S2/c28-19(17-35-20-9-13-22(14-10-20)37(31,32)26-7-3-1-5-24(26)29)18-36-21-11-15-23(16-12-21)38(33,34)27-8-4-2-6-25(27)30/h1-16,19,28-30H,17-18H2. The van der Waals surface area contributed by atoms with Gasteiger partial charge in [-0.3, -0.25) is 0 Å². The number of benzene rings is 4. The first-order valence-electron chi connectivity index (χ1n) is 11.3. The van der Waals surface area contributed by atoms with Gasteiger partial charge < -0.3 is 24.8 Å². The number of para-hydroxylation sites is 2. The van der Waals surface area contributed by atoms with Gasteiger partial charge in [0.05, 0.1) is 9.79 Å². The zero-order valence-corrected chi connectivity index (χ0v) is 21.5. The molecule has 4 aromatic carbocycles. The van der Waals surface area contributed by atoms with Crippen molar-refractivity contribution in [1.29, 1.82) is 0 Å². The molecule has 0 aliphatic carbocycles. The highest BCUT2D eigenvalue weighted by Gasteiger charge is 2.22. The van der Waals surface area contributed by atoms with E-state index < -0.39 is 25.8 Å². The number of aliphatic hydroxyl groups excluding tert-OH is 1. The van der Waals surface area contributed by atoms with E-state index in [4.69, 9.17) is 9.47 Å². The highest BCUT2D eigenvalue weighted by Crippen LogP contribution is 2.30. The lowest BCUT2D eigenvalue weighted by molar-refractivity contribution is 0.0626. The molecule has 0 unspecified atom stereocenters. The molecule has 0 aliphatic rings. The van der Waals surface area contributed by atoms with Crippen molar-refractivity contribution in [3.8, 4) is 23.0 Å². The van der Waals surface area contributed by atoms with E-state index in [0.717, 1.165) is 0 Å². The van der Waals surface area contributed by atoms with Crippen LogP contribution in [0.25, 0.3) is 0 Å². The summed E-state index contributed by atoms with van der Waals surface area (Å²) in [5.74, 6) is -0.0524. The van der Waals surface area contributed by atoms with Crippen LogP contribution >= 0.6 is 0 Å². The van der Waals surface area contributed by atoms with Crippen LogP contribution in [0.5, 0.6) is 23.0 Å². The molecule has 198 valence electrons. The van der Waals surface area contributed by atoms with Gasteiger partial charge in [-0.2, -0.15) is 0 Å². The highest BCUT2D eigenvalue weighted by molar-refractivity contribution is 7.92. The summed E-state index contributed by atoms with van der Waals surface area (Å²) in [6, 6.07) is 22.4. The zero-order valence-electron chi connectivity index (χ0n) is 19.8. The van der Waals surface area contributed by atoms with E-state index in [0.29, 0.717) is 11.5 Å². The molecule has 3 N–H and O–H groups in total. The summed E-state index contributed by atoms with van der Waals surface area (Å²) < 4.78 is 61.9. The minimum atomic E-state index is -3.91. The molecular formula is C27H24O9S2. The van der Waals surface area contributed by atoms with Gasteiger partial charge in [0.25, 0.3) is 0 Å². The number of rotatable bonds is 10. The first-order valence-corrected chi connectivity index (χ1v) is 14.3. The van der Waals surface area contributed by atoms with Gasteiger partial charge in [-0.25, -0.2) is 16.8 Å². The fraction of sp³-hybridized carbons (Fsp3) is 0.111. The zero-order chi connectivity index (χ0) is 27.3. The summed E-state index contributed by atoms with van der Waals surface area (Å²) in [4.78, 5) is -0.457. The van der Waals surface area contributed by atoms with Crippen molar-refractivity contribution in [2.45, 2.75) is 25.7 Å². The van der Waals surface area contributed by atoms with Crippen LogP contribution in [0.2, 0.25) is 0 Å². The lowest BCUT2D eigenvalue weighted by Crippen LogP contribution is -2.25. The summed E-state index contributed by atoms with van der Waals surface area (Å²) in [7, 11) is -7.82. The largest absolute Gasteiger partial charge is 0.507 e. The lowest BCUT2D eigenvalue weighted by atomic mass is 10.3. The Hall–Kier alpha value is -4.06. The predicted octanol–water partition coefficient (Wildman–Crippen LogP) is 3.58. The van der Waals surface area contributed by atoms with Gasteiger partial charge in [-0.15, -0.1) is 0 Å². The van der Waals surface area contributed by atoms with E-state index in [2.05, 4.69) is 0 Å². The van der Waals surface area contributed by atoms with Crippen LogP contribution in [-0.2, 0) is 19.7 Å². The highest BCUT2D eigenvalue weighted by atomic mass is 32.2. The summed E-state index contributed by atoms with van der Waals surface area (Å²) in [6.45, 7) is -0.295. The molecule has 9 nitrogen and oxygen atoms in total. The minimum absolute atomic E-state index is 0.0248. The molecule has 38 heavy (non-hydrogen) atoms. The molecule has 4 aromatic rings. The Labute approximate surface area is 220 Å². The molecule has 0 aromatic heterocycles. The SMILES string of the molecule is O=S(=O)(c1ccc(OCC(O)COc2ccc(S(=O)(=O)c3ccccc3O)cc2)cc1)c1ccccc1O. The lowest BCUT2D eigenvalue weighted by Gasteiger charge is -2.14. The van der Waals surface area contributed by atoms with E-state index in [1.807, 2.05) is 0 Å². The number of phenolic OH excluding ortho intramolecular Hbond substituents is 2. The van der Waals surface area contributed by atoms with Gasteiger partial charge in [0, 0.05) is 0 Å². The third-order valence-corrected chi connectivity index (χ3v) is 9.10. The third-order valence-electron chi connectivity index (χ3n) is 5.46. The van der Waals surface area contributed by atoms with Crippen molar-refractivity contribution in [1.82, 2.24) is 0 Å². The molecule has 0 heterocycles. The molecule has 11 heteroatoms. The van der Waals surface area contributed by atoms with Gasteiger partial charge in [0.2, 0.25) is 19.7 Å². The molecule has 0 spiro atoms. The van der Waals surface area contributed by atoms with Crippen LogP contribution < -0.4 is 9.47 Å². The van der Waals surface area contributed by atoms with Gasteiger partial charge >= 0.3 is 0 Å². The van der Waals surface area contributed by atoms with Crippen molar-refractivity contribution < 1.29 is 41.6 Å². The Bertz CT molecular complexity index is 1490. The van der Waals surface area contributed by atoms with Crippen molar-refractivity contribution in [3.63, 3.8) is 0 Å². The molecule has 0 saturated heterocycles. The number of ether oxygens (including phenoxy) is 2. The van der Waals surface area contributed by atoms with Crippen LogP contribution in [0.4, 0.5) is 0 Å². The maximum absolute atomic E-state index is 12.7. The number of phenols is 2. The van der Waals surface area contributed by atoms with Gasteiger partial charge in [-0.1, -0.05) is 24.3 Å².